The summed E-state index contributed by atoms with van der Waals surface area (Å²) in [5.41, 5.74) is 10.1. The van der Waals surface area contributed by atoms with Crippen molar-refractivity contribution in [1.82, 2.24) is 29.3 Å². The van der Waals surface area contributed by atoms with E-state index in [4.69, 9.17) is 15.2 Å². The van der Waals surface area contributed by atoms with Crippen LogP contribution in [0.2, 0.25) is 0 Å². The highest BCUT2D eigenvalue weighted by molar-refractivity contribution is 7.16. The molecule has 546 valence electrons. The number of amides is 2. The summed E-state index contributed by atoms with van der Waals surface area (Å²) in [7, 11) is 9.64. The number of nitrogens with one attached hydrogen (secondary N) is 1. The lowest BCUT2D eigenvalue weighted by molar-refractivity contribution is -0.124. The van der Waals surface area contributed by atoms with E-state index in [1.807, 2.05) is 114 Å². The molecule has 2 amide bonds. The predicted molar refractivity (Wildman–Crippen MR) is 410 cm³/mol. The Balaban J connectivity index is 0.000000220. The van der Waals surface area contributed by atoms with E-state index in [-0.39, 0.29) is 62.7 Å². The van der Waals surface area contributed by atoms with Crippen LogP contribution in [-0.4, -0.2) is 91.5 Å². The Hall–Kier alpha value is -8.91. The smallest absolute Gasteiger partial charge is 0.350 e. The number of aromatic nitrogens is 6. The molecular formula is C78H100N10O10S4. The van der Waals surface area contributed by atoms with Crippen molar-refractivity contribution in [2.75, 3.05) is 42.2 Å². The minimum Gasteiger partial charge on any atom is -0.477 e. The molecule has 0 aliphatic heterocycles. The van der Waals surface area contributed by atoms with Gasteiger partial charge in [-0.25, -0.2) is 19.2 Å². The zero-order valence-corrected chi connectivity index (χ0v) is 66.0. The van der Waals surface area contributed by atoms with Crippen molar-refractivity contribution in [2.24, 2.45) is 66.5 Å². The van der Waals surface area contributed by atoms with Crippen molar-refractivity contribution in [1.29, 1.82) is 0 Å². The van der Waals surface area contributed by atoms with Crippen LogP contribution in [0.1, 0.15) is 224 Å². The molecule has 2 aliphatic carbocycles. The third-order valence-corrected chi connectivity index (χ3v) is 20.3. The van der Waals surface area contributed by atoms with E-state index >= 15 is 0 Å². The van der Waals surface area contributed by atoms with Crippen LogP contribution in [0.25, 0.3) is 0 Å². The summed E-state index contributed by atoms with van der Waals surface area (Å²) in [6, 6.07) is 12.9. The average Bonchev–Trinajstić information content (AvgIpc) is 1.61. The number of hydrogen-bond acceptors (Lipinski definition) is 18. The van der Waals surface area contributed by atoms with Crippen molar-refractivity contribution in [3.05, 3.63) is 117 Å². The Labute approximate surface area is 618 Å². The Morgan fingerprint density at radius 2 is 0.824 bits per heavy atom. The van der Waals surface area contributed by atoms with Gasteiger partial charge in [0.1, 0.15) is 19.5 Å². The SMILES string of the molecule is CC1CCC(C(=O)N(Cc2ccnn2C)c2cc(C#CC(C)(C)C)sc2C(=O)O)CC1.COC(=O)c1sc(C#CC(C)(C)C)cc1N.COC(=O)c1sc(C#CC(C)(C)C)cc1N(Cc1ccnn1C)C(=O)C1CCC(C)CC1.COC(=O)c1sc(C#CC(C)(C)C)cc1NCc1ccnn1C. The van der Waals surface area contributed by atoms with E-state index < -0.39 is 17.9 Å². The van der Waals surface area contributed by atoms with E-state index in [1.54, 1.807) is 54.6 Å². The molecule has 7 heterocycles. The third-order valence-electron chi connectivity index (χ3n) is 16.2. The van der Waals surface area contributed by atoms with Crippen LogP contribution in [0.5, 0.6) is 0 Å². The van der Waals surface area contributed by atoms with Gasteiger partial charge in [-0.3, -0.25) is 23.6 Å². The maximum absolute atomic E-state index is 13.7. The summed E-state index contributed by atoms with van der Waals surface area (Å²) in [6.07, 6.45) is 12.7. The number of aromatic carboxylic acids is 1. The quantitative estimate of drug-likeness (QED) is 0.0490. The highest BCUT2D eigenvalue weighted by atomic mass is 32.1. The maximum atomic E-state index is 13.7. The first kappa shape index (κ1) is 82.0. The first-order valence-corrected chi connectivity index (χ1v) is 37.2. The summed E-state index contributed by atoms with van der Waals surface area (Å²) in [5.74, 6) is 24.0. The largest absolute Gasteiger partial charge is 0.477 e. The van der Waals surface area contributed by atoms with Crippen LogP contribution >= 0.6 is 45.3 Å². The molecule has 0 bridgehead atoms. The van der Waals surface area contributed by atoms with Crippen LogP contribution in [0, 0.1) is 92.7 Å². The van der Waals surface area contributed by atoms with Gasteiger partial charge < -0.3 is 40.2 Å². The number of carbonyl (C=O) groups excluding carboxylic acids is 5. The molecule has 2 saturated carbocycles. The number of carbonyl (C=O) groups is 6. The van der Waals surface area contributed by atoms with Gasteiger partial charge >= 0.3 is 23.9 Å². The number of carboxylic acids is 1. The molecule has 0 spiro atoms. The molecule has 0 radical (unpaired) electrons. The van der Waals surface area contributed by atoms with Crippen LogP contribution in [0.3, 0.4) is 0 Å². The molecule has 7 aromatic heterocycles. The normalized spacial score (nSPS) is 15.6. The molecule has 0 unspecified atom stereocenters. The number of esters is 3. The Bertz CT molecular complexity index is 4330. The van der Waals surface area contributed by atoms with E-state index in [1.165, 1.54) is 55.3 Å². The summed E-state index contributed by atoms with van der Waals surface area (Å²) in [6.45, 7) is 30.0. The van der Waals surface area contributed by atoms with Crippen LogP contribution in [0.15, 0.2) is 61.1 Å². The molecule has 24 heteroatoms. The molecule has 2 fully saturated rings. The van der Waals surface area contributed by atoms with Crippen LogP contribution < -0.4 is 20.9 Å². The number of methoxy groups -OCH3 is 3. The lowest BCUT2D eigenvalue weighted by Crippen LogP contribution is -2.38. The summed E-state index contributed by atoms with van der Waals surface area (Å²) >= 11 is 5.01. The zero-order valence-electron chi connectivity index (χ0n) is 62.8. The van der Waals surface area contributed by atoms with Gasteiger partial charge in [0.25, 0.3) is 0 Å². The fourth-order valence-electron chi connectivity index (χ4n) is 10.4. The summed E-state index contributed by atoms with van der Waals surface area (Å²) < 4.78 is 19.8. The lowest BCUT2D eigenvalue weighted by Gasteiger charge is -2.31. The minimum atomic E-state index is -1.04. The topological polar surface area (TPSA) is 248 Å². The van der Waals surface area contributed by atoms with Crippen molar-refractivity contribution in [3.8, 4) is 47.4 Å². The fraction of sp³-hybridized carbons (Fsp3) is 0.500. The number of thiophene rings is 4. The number of ether oxygens (including phenoxy) is 3. The number of hydrogen-bond donors (Lipinski definition) is 3. The third kappa shape index (κ3) is 25.0. The molecule has 20 nitrogen and oxygen atoms in total. The fourth-order valence-corrected chi connectivity index (χ4v) is 14.0. The van der Waals surface area contributed by atoms with Gasteiger partial charge in [-0.15, -0.1) is 45.3 Å². The number of carboxylic acid groups (broad SMARTS) is 1. The number of nitrogen functional groups attached to an aromatic ring is 1. The molecule has 2 aliphatic rings. The zero-order chi connectivity index (χ0) is 75.6. The molecular weight excluding hydrogens is 1370 g/mol. The van der Waals surface area contributed by atoms with Gasteiger partial charge in [0.2, 0.25) is 11.8 Å². The van der Waals surface area contributed by atoms with Gasteiger partial charge in [0.15, 0.2) is 0 Å². The van der Waals surface area contributed by atoms with Crippen LogP contribution in [-0.2, 0) is 64.6 Å². The number of anilines is 4. The Kier molecular flexibility index (Phi) is 29.2. The second-order valence-electron chi connectivity index (χ2n) is 29.6. The molecule has 102 heavy (non-hydrogen) atoms. The second-order valence-corrected chi connectivity index (χ2v) is 33.8. The first-order valence-electron chi connectivity index (χ1n) is 34.0. The van der Waals surface area contributed by atoms with Crippen LogP contribution in [0.4, 0.5) is 22.7 Å². The van der Waals surface area contributed by atoms with Gasteiger partial charge in [-0.2, -0.15) is 15.3 Å². The highest BCUT2D eigenvalue weighted by Gasteiger charge is 2.35. The molecule has 0 atom stereocenters. The van der Waals surface area contributed by atoms with E-state index in [0.29, 0.717) is 61.5 Å². The van der Waals surface area contributed by atoms with Crippen molar-refractivity contribution < 1.29 is 48.1 Å². The standard InChI is InChI=1S/C25H33N3O3S.C24H31N3O3S.C17H21N3O2S.C12H15NO2S/c1-17-7-9-18(10-8-17)23(29)28(16-19-12-14-26-27(19)5)21-15-20(11-13-25(2,3)4)32-22(21)24(30)31-6;1-16-6-8-17(9-7-16)22(28)27(15-18-11-13-25-26(18)5)20-14-19(10-12-24(2,3)4)31-21(20)23(29)30;1-17(2,3)8-6-13-10-14(15(23-13)16(21)22-5)18-11-12-7-9-19-20(12)4;1-12(2,3)6-5-8-7-9(13)10(16-8)11(14)15-4/h12,14-15,17-18H,7-10,16H2,1-6H3;11,13-14,16-17H,6-9,15H2,1-5H3,(H,29,30);7,9-10,18H,11H2,1-5H3;7H,13H2,1-4H3. The number of rotatable bonds is 15. The van der Waals surface area contributed by atoms with Gasteiger partial charge in [-0.05, 0) is 189 Å². The van der Waals surface area contributed by atoms with Crippen molar-refractivity contribution in [2.45, 2.75) is 168 Å². The van der Waals surface area contributed by atoms with E-state index in [9.17, 15) is 33.9 Å². The molecule has 0 saturated heterocycles. The van der Waals surface area contributed by atoms with E-state index in [0.717, 1.165) is 100 Å². The molecule has 4 N–H and O–H groups in total. The molecule has 7 aromatic rings. The Morgan fingerprint density at radius 3 is 1.19 bits per heavy atom. The monoisotopic (exact) mass is 1460 g/mol. The summed E-state index contributed by atoms with van der Waals surface area (Å²) in [4.78, 5) is 83.3. The van der Waals surface area contributed by atoms with E-state index in [2.05, 4.69) is 107 Å². The van der Waals surface area contributed by atoms with Crippen molar-refractivity contribution >= 4 is 104 Å². The first-order chi connectivity index (χ1) is 47.8. The van der Waals surface area contributed by atoms with Gasteiger partial charge in [-0.1, -0.05) is 61.2 Å². The molecule has 9 rings (SSSR count). The minimum absolute atomic E-state index is 0.0104. The summed E-state index contributed by atoms with van der Waals surface area (Å²) in [5, 5.41) is 25.7. The lowest BCUT2D eigenvalue weighted by atomic mass is 9.82. The number of nitrogens with two attached hydrogens (primary N) is 1. The number of nitrogens with zero attached hydrogens (tertiary/aromatic N) is 8. The number of aryl methyl sites for hydroxylation is 3. The predicted octanol–water partition coefficient (Wildman–Crippen LogP) is 15.8. The Morgan fingerprint density at radius 1 is 0.500 bits per heavy atom. The maximum Gasteiger partial charge on any atom is 0.350 e. The van der Waals surface area contributed by atoms with Gasteiger partial charge in [0, 0.05) is 73.2 Å². The second kappa shape index (κ2) is 36.3. The van der Waals surface area contributed by atoms with Gasteiger partial charge in [0.05, 0.1) is 100 Å². The highest BCUT2D eigenvalue weighted by Crippen LogP contribution is 2.39. The van der Waals surface area contributed by atoms with Crippen molar-refractivity contribution in [3.63, 3.8) is 0 Å². The molecule has 0 aromatic carbocycles. The average molecular weight is 1470 g/mol.